The quantitative estimate of drug-likeness (QED) is 0.328. The molecule has 3 heteroatoms. The first kappa shape index (κ1) is 25.8. The van der Waals surface area contributed by atoms with E-state index in [2.05, 4.69) is 132 Å². The topological polar surface area (TPSA) is 3.24 Å². The normalized spacial score (nSPS) is 12.7. The van der Waals surface area contributed by atoms with E-state index in [9.17, 15) is 0 Å². The van der Waals surface area contributed by atoms with E-state index in [0.29, 0.717) is 5.02 Å². The van der Waals surface area contributed by atoms with Gasteiger partial charge in [-0.1, -0.05) is 108 Å². The highest BCUT2D eigenvalue weighted by Gasteiger charge is 2.24. The summed E-state index contributed by atoms with van der Waals surface area (Å²) < 4.78 is 0.963. The van der Waals surface area contributed by atoms with Crippen molar-refractivity contribution in [3.8, 4) is 0 Å². The Bertz CT molecular complexity index is 1090. The monoisotopic (exact) mass is 525 g/mol. The van der Waals surface area contributed by atoms with Crippen molar-refractivity contribution in [1.29, 1.82) is 0 Å². The summed E-state index contributed by atoms with van der Waals surface area (Å²) in [5.74, 6) is 0. The highest BCUT2D eigenvalue weighted by molar-refractivity contribution is 9.10. The molecule has 0 bridgehead atoms. The summed E-state index contributed by atoms with van der Waals surface area (Å²) in [7, 11) is 0. The van der Waals surface area contributed by atoms with Crippen LogP contribution in [0.4, 0.5) is 17.1 Å². The molecule has 0 saturated carbocycles. The zero-order valence-corrected chi connectivity index (χ0v) is 23.8. The Kier molecular flexibility index (Phi) is 7.14. The zero-order chi connectivity index (χ0) is 24.8. The van der Waals surface area contributed by atoms with Gasteiger partial charge in [0.25, 0.3) is 0 Å². The molecule has 0 fully saturated rings. The van der Waals surface area contributed by atoms with Crippen LogP contribution in [-0.4, -0.2) is 0 Å². The third-order valence-electron chi connectivity index (χ3n) is 5.98. The third kappa shape index (κ3) is 6.22. The Morgan fingerprint density at radius 2 is 1.06 bits per heavy atom. The SMILES string of the molecule is CC(C)(C)c1cccc(N(c2cc(Cl)cc(Br)c2)c2cc(C(C)(C)C)cc(C(C)(C)C)c2)c1. The van der Waals surface area contributed by atoms with Crippen molar-refractivity contribution in [2.75, 3.05) is 4.90 Å². The first-order valence-electron chi connectivity index (χ1n) is 11.6. The first-order chi connectivity index (χ1) is 15.1. The molecule has 0 saturated heterocycles. The lowest BCUT2D eigenvalue weighted by molar-refractivity contribution is 0.569. The second-order valence-electron chi connectivity index (χ2n) is 12.0. The maximum absolute atomic E-state index is 6.52. The number of benzene rings is 3. The molecule has 0 N–H and O–H groups in total. The van der Waals surface area contributed by atoms with E-state index >= 15 is 0 Å². The van der Waals surface area contributed by atoms with Crippen LogP contribution in [0.2, 0.25) is 5.02 Å². The lowest BCUT2D eigenvalue weighted by Gasteiger charge is -2.32. The minimum absolute atomic E-state index is 0.0316. The molecule has 176 valence electrons. The van der Waals surface area contributed by atoms with Gasteiger partial charge in [-0.2, -0.15) is 0 Å². The molecule has 1 nitrogen and oxygen atoms in total. The van der Waals surface area contributed by atoms with E-state index in [1.54, 1.807) is 0 Å². The lowest BCUT2D eigenvalue weighted by Crippen LogP contribution is -2.19. The number of hydrogen-bond donors (Lipinski definition) is 0. The van der Waals surface area contributed by atoms with E-state index in [0.717, 1.165) is 21.5 Å². The van der Waals surface area contributed by atoms with Crippen LogP contribution in [0, 0.1) is 0 Å². The van der Waals surface area contributed by atoms with Gasteiger partial charge in [-0.25, -0.2) is 0 Å². The van der Waals surface area contributed by atoms with Crippen LogP contribution in [0.5, 0.6) is 0 Å². The maximum Gasteiger partial charge on any atom is 0.0487 e. The van der Waals surface area contributed by atoms with E-state index in [1.807, 2.05) is 12.1 Å². The molecule has 0 aromatic heterocycles. The summed E-state index contributed by atoms with van der Waals surface area (Å²) in [5.41, 5.74) is 7.37. The fourth-order valence-corrected chi connectivity index (χ4v) is 4.68. The molecule has 0 spiro atoms. The Hall–Kier alpha value is -1.77. The molecule has 3 aromatic rings. The molecule has 3 aromatic carbocycles. The molecule has 0 amide bonds. The standard InChI is InChI=1S/C30H37BrClN/c1-28(2,3)20-11-10-12-25(14-20)33(27-18-23(31)17-24(32)19-27)26-15-21(29(4,5)6)13-22(16-26)30(7,8)9/h10-19H,1-9H3. The van der Waals surface area contributed by atoms with Gasteiger partial charge in [-0.15, -0.1) is 0 Å². The van der Waals surface area contributed by atoms with Gasteiger partial charge in [0.05, 0.1) is 0 Å². The minimum Gasteiger partial charge on any atom is -0.310 e. The van der Waals surface area contributed by atoms with Crippen LogP contribution in [0.3, 0.4) is 0 Å². The van der Waals surface area contributed by atoms with Gasteiger partial charge >= 0.3 is 0 Å². The van der Waals surface area contributed by atoms with Crippen LogP contribution in [0.25, 0.3) is 0 Å². The van der Waals surface area contributed by atoms with Crippen LogP contribution in [0.15, 0.2) is 65.1 Å². The smallest absolute Gasteiger partial charge is 0.0487 e. The molecule has 0 heterocycles. The molecule has 33 heavy (non-hydrogen) atoms. The molecular formula is C30H37BrClN. The van der Waals surface area contributed by atoms with Crippen molar-refractivity contribution in [2.45, 2.75) is 78.6 Å². The van der Waals surface area contributed by atoms with Gasteiger partial charge in [-0.05, 0) is 75.4 Å². The fourth-order valence-electron chi connectivity index (χ4n) is 3.83. The lowest BCUT2D eigenvalue weighted by atomic mass is 9.80. The predicted molar refractivity (Wildman–Crippen MR) is 150 cm³/mol. The van der Waals surface area contributed by atoms with Crippen LogP contribution < -0.4 is 4.90 Å². The molecule has 0 aliphatic rings. The van der Waals surface area contributed by atoms with E-state index < -0.39 is 0 Å². The fraction of sp³-hybridized carbons (Fsp3) is 0.400. The Labute approximate surface area is 214 Å². The maximum atomic E-state index is 6.52. The molecule has 0 radical (unpaired) electrons. The average Bonchev–Trinajstić information content (AvgIpc) is 2.65. The Balaban J connectivity index is 2.36. The van der Waals surface area contributed by atoms with Crippen molar-refractivity contribution in [1.82, 2.24) is 0 Å². The highest BCUT2D eigenvalue weighted by atomic mass is 79.9. The van der Waals surface area contributed by atoms with Gasteiger partial charge in [0.2, 0.25) is 0 Å². The van der Waals surface area contributed by atoms with Gasteiger partial charge in [-0.3, -0.25) is 0 Å². The molecule has 0 aliphatic carbocycles. The van der Waals surface area contributed by atoms with Crippen LogP contribution >= 0.6 is 27.5 Å². The number of hydrogen-bond acceptors (Lipinski definition) is 1. The first-order valence-corrected chi connectivity index (χ1v) is 12.8. The van der Waals surface area contributed by atoms with E-state index in [-0.39, 0.29) is 16.2 Å². The number of halogens is 2. The van der Waals surface area contributed by atoms with Crippen molar-refractivity contribution in [3.05, 3.63) is 86.8 Å². The molecule has 0 atom stereocenters. The molecule has 3 rings (SSSR count). The second kappa shape index (κ2) is 9.12. The van der Waals surface area contributed by atoms with E-state index in [1.165, 1.54) is 16.7 Å². The van der Waals surface area contributed by atoms with E-state index in [4.69, 9.17) is 11.6 Å². The number of rotatable bonds is 3. The summed E-state index contributed by atoms with van der Waals surface area (Å²) >= 11 is 10.2. The van der Waals surface area contributed by atoms with Crippen molar-refractivity contribution in [2.24, 2.45) is 0 Å². The average molecular weight is 527 g/mol. The van der Waals surface area contributed by atoms with Crippen LogP contribution in [-0.2, 0) is 16.2 Å². The Morgan fingerprint density at radius 1 is 0.576 bits per heavy atom. The third-order valence-corrected chi connectivity index (χ3v) is 6.66. The summed E-state index contributed by atoms with van der Waals surface area (Å²) in [6, 6.07) is 22.0. The summed E-state index contributed by atoms with van der Waals surface area (Å²) in [5, 5.41) is 0.708. The molecule has 0 unspecified atom stereocenters. The molecule has 0 aliphatic heterocycles. The van der Waals surface area contributed by atoms with Crippen molar-refractivity contribution < 1.29 is 0 Å². The Morgan fingerprint density at radius 3 is 1.55 bits per heavy atom. The molecular weight excluding hydrogens is 490 g/mol. The van der Waals surface area contributed by atoms with Crippen molar-refractivity contribution >= 4 is 44.6 Å². The largest absolute Gasteiger partial charge is 0.310 e. The van der Waals surface area contributed by atoms with Crippen LogP contribution in [0.1, 0.15) is 79.0 Å². The predicted octanol–water partition coefficient (Wildman–Crippen LogP) is 10.5. The zero-order valence-electron chi connectivity index (χ0n) is 21.5. The van der Waals surface area contributed by atoms with Gasteiger partial charge in [0, 0.05) is 26.6 Å². The second-order valence-corrected chi connectivity index (χ2v) is 13.4. The van der Waals surface area contributed by atoms with Gasteiger partial charge in [0.15, 0.2) is 0 Å². The van der Waals surface area contributed by atoms with Gasteiger partial charge in [0.1, 0.15) is 0 Å². The number of anilines is 3. The van der Waals surface area contributed by atoms with Gasteiger partial charge < -0.3 is 4.90 Å². The number of nitrogens with zero attached hydrogens (tertiary/aromatic N) is 1. The summed E-state index contributed by atoms with van der Waals surface area (Å²) in [4.78, 5) is 2.33. The highest BCUT2D eigenvalue weighted by Crippen LogP contribution is 2.42. The summed E-state index contributed by atoms with van der Waals surface area (Å²) in [6.07, 6.45) is 0. The van der Waals surface area contributed by atoms with Crippen molar-refractivity contribution in [3.63, 3.8) is 0 Å². The summed E-state index contributed by atoms with van der Waals surface area (Å²) in [6.45, 7) is 20.4. The minimum atomic E-state index is 0.0316.